The summed E-state index contributed by atoms with van der Waals surface area (Å²) in [5.41, 5.74) is 4.14. The van der Waals surface area contributed by atoms with E-state index in [2.05, 4.69) is 20.7 Å². The van der Waals surface area contributed by atoms with Gasteiger partial charge in [-0.15, -0.1) is 0 Å². The van der Waals surface area contributed by atoms with Gasteiger partial charge in [0, 0.05) is 24.9 Å². The van der Waals surface area contributed by atoms with Crippen molar-refractivity contribution in [1.29, 1.82) is 0 Å². The zero-order valence-electron chi connectivity index (χ0n) is 18.7. The van der Waals surface area contributed by atoms with Gasteiger partial charge in [0.2, 0.25) is 15.9 Å². The molecule has 0 aliphatic carbocycles. The van der Waals surface area contributed by atoms with E-state index < -0.39 is 21.8 Å². The maximum absolute atomic E-state index is 12.6. The molecule has 11 nitrogen and oxygen atoms in total. The van der Waals surface area contributed by atoms with Gasteiger partial charge in [0.05, 0.1) is 16.9 Å². The number of benzene rings is 2. The van der Waals surface area contributed by atoms with E-state index in [-0.39, 0.29) is 35.7 Å². The average Bonchev–Trinajstić information content (AvgIpc) is 2.83. The molecule has 0 unspecified atom stereocenters. The Labute approximate surface area is 196 Å². The van der Waals surface area contributed by atoms with E-state index >= 15 is 0 Å². The highest BCUT2D eigenvalue weighted by atomic mass is 32.2. The number of aryl methyl sites for hydroxylation is 1. The lowest BCUT2D eigenvalue weighted by molar-refractivity contribution is -0.121. The summed E-state index contributed by atoms with van der Waals surface area (Å²) in [6.07, 6.45) is -0.223. The first-order chi connectivity index (χ1) is 16.3. The summed E-state index contributed by atoms with van der Waals surface area (Å²) in [5, 5.41) is 4.77. The molecule has 1 aromatic heterocycles. The second-order valence-corrected chi connectivity index (χ2v) is 8.84. The minimum absolute atomic E-state index is 0.0199. The quantitative estimate of drug-likeness (QED) is 0.381. The molecule has 0 spiro atoms. The van der Waals surface area contributed by atoms with Crippen molar-refractivity contribution in [2.24, 2.45) is 0 Å². The minimum atomic E-state index is -3.81. The predicted octanol–water partition coefficient (Wildman–Crippen LogP) is 0.945. The van der Waals surface area contributed by atoms with Gasteiger partial charge >= 0.3 is 0 Å². The smallest absolute Gasteiger partial charge is 0.290 e. The Balaban J connectivity index is 1.57. The third-order valence-corrected chi connectivity index (χ3v) is 6.26. The molecule has 2 amide bonds. The standard InChI is InChI=1S/C22H25N5O6S/c1-3-27-22(30)18-8-6-5-7-17(18)20(26-27)21(29)25-24-19(28)13-14-23-34(31,32)16-11-9-15(10-12-16)33-4-2/h5-12,23H,3-4,13-14H2,1-2H3,(H,24,28)(H,25,29). The van der Waals surface area contributed by atoms with Gasteiger partial charge < -0.3 is 4.74 Å². The van der Waals surface area contributed by atoms with Crippen LogP contribution in [-0.4, -0.2) is 43.2 Å². The SMILES string of the molecule is CCOc1ccc(S(=O)(=O)NCCC(=O)NNC(=O)c2nn(CC)c(=O)c3ccccc23)cc1. The van der Waals surface area contributed by atoms with Crippen LogP contribution in [0.1, 0.15) is 30.8 Å². The molecule has 0 aliphatic heterocycles. The van der Waals surface area contributed by atoms with Crippen molar-refractivity contribution in [3.05, 3.63) is 64.6 Å². The lowest BCUT2D eigenvalue weighted by Gasteiger charge is -2.11. The molecule has 0 saturated heterocycles. The molecule has 0 saturated carbocycles. The summed E-state index contributed by atoms with van der Waals surface area (Å²) in [6.45, 7) is 4.10. The first-order valence-electron chi connectivity index (χ1n) is 10.6. The largest absolute Gasteiger partial charge is 0.494 e. The highest BCUT2D eigenvalue weighted by Gasteiger charge is 2.18. The van der Waals surface area contributed by atoms with Crippen LogP contribution in [0, 0.1) is 0 Å². The number of carbonyl (C=O) groups excluding carboxylic acids is 2. The number of hydrogen-bond acceptors (Lipinski definition) is 7. The highest BCUT2D eigenvalue weighted by molar-refractivity contribution is 7.89. The number of carbonyl (C=O) groups is 2. The number of sulfonamides is 1. The number of rotatable bonds is 9. The zero-order valence-corrected chi connectivity index (χ0v) is 19.5. The number of hydrogen-bond donors (Lipinski definition) is 3. The first kappa shape index (κ1) is 24.9. The van der Waals surface area contributed by atoms with Crippen molar-refractivity contribution < 1.29 is 22.7 Å². The van der Waals surface area contributed by atoms with Gasteiger partial charge in [0.15, 0.2) is 5.69 Å². The minimum Gasteiger partial charge on any atom is -0.494 e. The van der Waals surface area contributed by atoms with Crippen molar-refractivity contribution in [3.63, 3.8) is 0 Å². The molecular formula is C22H25N5O6S. The van der Waals surface area contributed by atoms with E-state index in [1.807, 2.05) is 6.92 Å². The fourth-order valence-corrected chi connectivity index (χ4v) is 4.16. The van der Waals surface area contributed by atoms with Crippen molar-refractivity contribution in [2.75, 3.05) is 13.2 Å². The highest BCUT2D eigenvalue weighted by Crippen LogP contribution is 2.16. The number of ether oxygens (including phenoxy) is 1. The number of nitrogens with zero attached hydrogens (tertiary/aromatic N) is 2. The molecular weight excluding hydrogens is 462 g/mol. The summed E-state index contributed by atoms with van der Waals surface area (Å²) in [4.78, 5) is 37.1. The first-order valence-corrected chi connectivity index (χ1v) is 12.1. The van der Waals surface area contributed by atoms with Crippen LogP contribution in [0.5, 0.6) is 5.75 Å². The normalized spacial score (nSPS) is 11.2. The Morgan fingerprint density at radius 3 is 2.32 bits per heavy atom. The Kier molecular flexibility index (Phi) is 7.97. The Bertz CT molecular complexity index is 1350. The number of amides is 2. The van der Waals surface area contributed by atoms with Crippen LogP contribution in [-0.2, 0) is 21.4 Å². The molecule has 0 fully saturated rings. The van der Waals surface area contributed by atoms with Gasteiger partial charge in [0.25, 0.3) is 11.5 Å². The number of hydrazine groups is 1. The monoisotopic (exact) mass is 487 g/mol. The van der Waals surface area contributed by atoms with E-state index in [1.54, 1.807) is 43.3 Å². The second kappa shape index (κ2) is 10.9. The molecule has 3 aromatic rings. The van der Waals surface area contributed by atoms with Gasteiger partial charge in [-0.1, -0.05) is 18.2 Å². The van der Waals surface area contributed by atoms with E-state index in [4.69, 9.17) is 4.74 Å². The maximum atomic E-state index is 12.6. The van der Waals surface area contributed by atoms with Crippen LogP contribution in [0.4, 0.5) is 0 Å². The third-order valence-electron chi connectivity index (χ3n) is 4.79. The van der Waals surface area contributed by atoms with Crippen LogP contribution in [0.2, 0.25) is 0 Å². The molecule has 3 N–H and O–H groups in total. The van der Waals surface area contributed by atoms with Crippen LogP contribution in [0.15, 0.2) is 58.2 Å². The van der Waals surface area contributed by atoms with E-state index in [0.29, 0.717) is 23.1 Å². The summed E-state index contributed by atoms with van der Waals surface area (Å²) in [5.74, 6) is -0.772. The Hall–Kier alpha value is -3.77. The lowest BCUT2D eigenvalue weighted by Crippen LogP contribution is -2.43. The molecule has 180 valence electrons. The molecule has 2 aromatic carbocycles. The van der Waals surface area contributed by atoms with Gasteiger partial charge in [-0.3, -0.25) is 25.2 Å². The lowest BCUT2D eigenvalue weighted by atomic mass is 10.1. The average molecular weight is 488 g/mol. The molecule has 34 heavy (non-hydrogen) atoms. The fourth-order valence-electron chi connectivity index (χ4n) is 3.13. The topological polar surface area (TPSA) is 148 Å². The summed E-state index contributed by atoms with van der Waals surface area (Å²) >= 11 is 0. The van der Waals surface area contributed by atoms with Crippen LogP contribution < -0.4 is 25.9 Å². The van der Waals surface area contributed by atoms with Gasteiger partial charge in [-0.25, -0.2) is 17.8 Å². The summed E-state index contributed by atoms with van der Waals surface area (Å²) in [6, 6.07) is 12.4. The number of nitrogens with one attached hydrogen (secondary N) is 3. The summed E-state index contributed by atoms with van der Waals surface area (Å²) < 4.78 is 33.5. The fraction of sp³-hybridized carbons (Fsp3) is 0.273. The van der Waals surface area contributed by atoms with Crippen LogP contribution >= 0.6 is 0 Å². The Morgan fingerprint density at radius 1 is 1.00 bits per heavy atom. The van der Waals surface area contributed by atoms with E-state index in [1.165, 1.54) is 12.1 Å². The third kappa shape index (κ3) is 5.77. The van der Waals surface area contributed by atoms with Crippen molar-refractivity contribution in [3.8, 4) is 5.75 Å². The number of aromatic nitrogens is 2. The second-order valence-electron chi connectivity index (χ2n) is 7.07. The van der Waals surface area contributed by atoms with Crippen molar-refractivity contribution >= 4 is 32.6 Å². The molecule has 0 bridgehead atoms. The molecule has 0 atom stereocenters. The van der Waals surface area contributed by atoms with Gasteiger partial charge in [-0.2, -0.15) is 5.10 Å². The van der Waals surface area contributed by atoms with E-state index in [9.17, 15) is 22.8 Å². The maximum Gasteiger partial charge on any atom is 0.290 e. The summed E-state index contributed by atoms with van der Waals surface area (Å²) in [7, 11) is -3.81. The molecule has 12 heteroatoms. The predicted molar refractivity (Wildman–Crippen MR) is 125 cm³/mol. The molecule has 0 radical (unpaired) electrons. The van der Waals surface area contributed by atoms with Crippen LogP contribution in [0.25, 0.3) is 10.8 Å². The van der Waals surface area contributed by atoms with E-state index in [0.717, 1.165) is 4.68 Å². The molecule has 0 aliphatic rings. The van der Waals surface area contributed by atoms with Crippen molar-refractivity contribution in [2.45, 2.75) is 31.7 Å². The van der Waals surface area contributed by atoms with Crippen LogP contribution in [0.3, 0.4) is 0 Å². The number of fused-ring (bicyclic) bond motifs is 1. The molecule has 1 heterocycles. The zero-order chi connectivity index (χ0) is 24.7. The van der Waals surface area contributed by atoms with Crippen molar-refractivity contribution in [1.82, 2.24) is 25.4 Å². The Morgan fingerprint density at radius 2 is 1.68 bits per heavy atom. The molecule has 3 rings (SSSR count). The van der Waals surface area contributed by atoms with Gasteiger partial charge in [0.1, 0.15) is 5.75 Å². The van der Waals surface area contributed by atoms with Gasteiger partial charge in [-0.05, 0) is 44.2 Å².